The van der Waals surface area contributed by atoms with E-state index in [1.807, 2.05) is 24.3 Å². The molecule has 3 N–H and O–H groups in total. The van der Waals surface area contributed by atoms with Crippen LogP contribution in [0.15, 0.2) is 28.7 Å². The predicted octanol–water partition coefficient (Wildman–Crippen LogP) is 1.71. The van der Waals surface area contributed by atoms with E-state index in [2.05, 4.69) is 21.2 Å². The first-order valence-electron chi connectivity index (χ1n) is 5.39. The molecule has 1 atom stereocenters. The van der Waals surface area contributed by atoms with Crippen molar-refractivity contribution in [1.82, 2.24) is 5.32 Å². The molecule has 1 unspecified atom stereocenters. The molecule has 1 aromatic rings. The van der Waals surface area contributed by atoms with E-state index >= 15 is 0 Å². The Morgan fingerprint density at radius 1 is 1.33 bits per heavy atom. The number of rotatable bonds is 7. The fraction of sp³-hybridized carbons (Fsp3) is 0.333. The lowest BCUT2D eigenvalue weighted by Gasteiger charge is -2.11. The summed E-state index contributed by atoms with van der Waals surface area (Å²) in [6, 6.07) is 7.60. The second-order valence-corrected chi connectivity index (χ2v) is 4.81. The van der Waals surface area contributed by atoms with E-state index in [0.29, 0.717) is 6.54 Å². The Kier molecular flexibility index (Phi) is 5.80. The number of carbonyl (C=O) groups is 2. The van der Waals surface area contributed by atoms with Crippen LogP contribution in [0.5, 0.6) is 0 Å². The number of halogens is 1. The summed E-state index contributed by atoms with van der Waals surface area (Å²) in [6.45, 7) is 0.636. The van der Waals surface area contributed by atoms with Crippen molar-refractivity contribution in [2.75, 3.05) is 6.54 Å². The Labute approximate surface area is 113 Å². The van der Waals surface area contributed by atoms with Crippen LogP contribution in [0.2, 0.25) is 0 Å². The summed E-state index contributed by atoms with van der Waals surface area (Å²) in [5.74, 6) is -3.11. The molecular formula is C12H14BrNO4. The van der Waals surface area contributed by atoms with Crippen LogP contribution in [0, 0.1) is 5.92 Å². The zero-order valence-corrected chi connectivity index (χ0v) is 11.2. The highest BCUT2D eigenvalue weighted by molar-refractivity contribution is 9.10. The molecule has 0 heterocycles. The molecule has 0 aliphatic heterocycles. The third kappa shape index (κ3) is 5.29. The number of aliphatic carboxylic acids is 2. The number of carboxylic acid groups (broad SMARTS) is 2. The van der Waals surface area contributed by atoms with Gasteiger partial charge in [-0.25, -0.2) is 0 Å². The fourth-order valence-electron chi connectivity index (χ4n) is 1.50. The average molecular weight is 316 g/mol. The molecule has 18 heavy (non-hydrogen) atoms. The lowest BCUT2D eigenvalue weighted by molar-refractivity contribution is -0.148. The van der Waals surface area contributed by atoms with Crippen LogP contribution in [-0.4, -0.2) is 28.7 Å². The van der Waals surface area contributed by atoms with Crippen molar-refractivity contribution >= 4 is 27.9 Å². The molecule has 5 nitrogen and oxygen atoms in total. The summed E-state index contributed by atoms with van der Waals surface area (Å²) in [5, 5.41) is 20.4. The summed E-state index contributed by atoms with van der Waals surface area (Å²) >= 11 is 3.34. The number of carboxylic acids is 2. The van der Waals surface area contributed by atoms with E-state index in [0.717, 1.165) is 10.0 Å². The maximum Gasteiger partial charge on any atom is 0.308 e. The van der Waals surface area contributed by atoms with Gasteiger partial charge >= 0.3 is 11.9 Å². The van der Waals surface area contributed by atoms with Gasteiger partial charge < -0.3 is 15.5 Å². The zero-order chi connectivity index (χ0) is 13.5. The molecule has 0 aliphatic carbocycles. The molecule has 0 amide bonds. The molecule has 0 radical (unpaired) electrons. The SMILES string of the molecule is O=C(O)CC(CNCc1cccc(Br)c1)C(=O)O. The third-order valence-electron chi connectivity index (χ3n) is 2.38. The molecular weight excluding hydrogens is 302 g/mol. The monoisotopic (exact) mass is 315 g/mol. The van der Waals surface area contributed by atoms with Gasteiger partial charge in [0.05, 0.1) is 12.3 Å². The molecule has 0 saturated heterocycles. The van der Waals surface area contributed by atoms with E-state index in [1.165, 1.54) is 0 Å². The Morgan fingerprint density at radius 2 is 2.06 bits per heavy atom. The highest BCUT2D eigenvalue weighted by Crippen LogP contribution is 2.11. The van der Waals surface area contributed by atoms with E-state index in [-0.39, 0.29) is 13.0 Å². The normalized spacial score (nSPS) is 12.1. The second kappa shape index (κ2) is 7.13. The number of nitrogens with one attached hydrogen (secondary N) is 1. The van der Waals surface area contributed by atoms with Crippen LogP contribution in [0.3, 0.4) is 0 Å². The van der Waals surface area contributed by atoms with Crippen molar-refractivity contribution in [3.63, 3.8) is 0 Å². The molecule has 0 saturated carbocycles. The van der Waals surface area contributed by atoms with Crippen molar-refractivity contribution in [3.05, 3.63) is 34.3 Å². The maximum absolute atomic E-state index is 10.8. The highest BCUT2D eigenvalue weighted by Gasteiger charge is 2.20. The van der Waals surface area contributed by atoms with Gasteiger partial charge in [0.15, 0.2) is 0 Å². The van der Waals surface area contributed by atoms with Crippen LogP contribution in [-0.2, 0) is 16.1 Å². The van der Waals surface area contributed by atoms with E-state index in [4.69, 9.17) is 10.2 Å². The van der Waals surface area contributed by atoms with Gasteiger partial charge in [0.2, 0.25) is 0 Å². The summed E-state index contributed by atoms with van der Waals surface area (Å²) in [5.41, 5.74) is 1.00. The molecule has 0 bridgehead atoms. The van der Waals surface area contributed by atoms with E-state index in [1.54, 1.807) is 0 Å². The first kappa shape index (κ1) is 14.7. The largest absolute Gasteiger partial charge is 0.481 e. The fourth-order valence-corrected chi connectivity index (χ4v) is 1.94. The van der Waals surface area contributed by atoms with Gasteiger partial charge in [0.1, 0.15) is 0 Å². The lowest BCUT2D eigenvalue weighted by Crippen LogP contribution is -2.30. The van der Waals surface area contributed by atoms with Crippen LogP contribution in [0.1, 0.15) is 12.0 Å². The van der Waals surface area contributed by atoms with Crippen molar-refractivity contribution in [1.29, 1.82) is 0 Å². The topological polar surface area (TPSA) is 86.6 Å². The summed E-state index contributed by atoms with van der Waals surface area (Å²) in [6.07, 6.45) is -0.374. The lowest BCUT2D eigenvalue weighted by atomic mass is 10.1. The van der Waals surface area contributed by atoms with Gasteiger partial charge in [-0.15, -0.1) is 0 Å². The minimum Gasteiger partial charge on any atom is -0.481 e. The molecule has 0 fully saturated rings. The summed E-state index contributed by atoms with van der Waals surface area (Å²) < 4.78 is 0.946. The third-order valence-corrected chi connectivity index (χ3v) is 2.87. The Morgan fingerprint density at radius 3 is 2.61 bits per heavy atom. The van der Waals surface area contributed by atoms with Crippen LogP contribution < -0.4 is 5.32 Å². The van der Waals surface area contributed by atoms with Gasteiger partial charge in [0.25, 0.3) is 0 Å². The van der Waals surface area contributed by atoms with E-state index in [9.17, 15) is 9.59 Å². The first-order chi connectivity index (χ1) is 8.49. The number of benzene rings is 1. The quantitative estimate of drug-likeness (QED) is 0.713. The Balaban J connectivity index is 2.43. The summed E-state index contributed by atoms with van der Waals surface area (Å²) in [7, 11) is 0. The van der Waals surface area contributed by atoms with Crippen LogP contribution >= 0.6 is 15.9 Å². The maximum atomic E-state index is 10.8. The Bertz CT molecular complexity index is 436. The van der Waals surface area contributed by atoms with Gasteiger partial charge in [-0.05, 0) is 17.7 Å². The van der Waals surface area contributed by atoms with Gasteiger partial charge in [-0.3, -0.25) is 9.59 Å². The van der Waals surface area contributed by atoms with Crippen LogP contribution in [0.4, 0.5) is 0 Å². The van der Waals surface area contributed by atoms with Crippen molar-refractivity contribution in [2.45, 2.75) is 13.0 Å². The van der Waals surface area contributed by atoms with Crippen molar-refractivity contribution in [2.24, 2.45) is 5.92 Å². The van der Waals surface area contributed by atoms with Gasteiger partial charge in [-0.2, -0.15) is 0 Å². The molecule has 98 valence electrons. The first-order valence-corrected chi connectivity index (χ1v) is 6.18. The van der Waals surface area contributed by atoms with E-state index < -0.39 is 17.9 Å². The molecule has 1 rings (SSSR count). The standard InChI is InChI=1S/C12H14BrNO4/c13-10-3-1-2-8(4-10)6-14-7-9(12(17)18)5-11(15)16/h1-4,9,14H,5-7H2,(H,15,16)(H,17,18). The average Bonchev–Trinajstić information content (AvgIpc) is 2.27. The summed E-state index contributed by atoms with van der Waals surface area (Å²) in [4.78, 5) is 21.3. The molecule has 0 aromatic heterocycles. The number of hydrogen-bond acceptors (Lipinski definition) is 3. The molecule has 0 spiro atoms. The zero-order valence-electron chi connectivity index (χ0n) is 9.60. The van der Waals surface area contributed by atoms with Gasteiger partial charge in [-0.1, -0.05) is 28.1 Å². The minimum atomic E-state index is -1.10. The molecule has 6 heteroatoms. The van der Waals surface area contributed by atoms with Crippen LogP contribution in [0.25, 0.3) is 0 Å². The predicted molar refractivity (Wildman–Crippen MR) is 69.2 cm³/mol. The van der Waals surface area contributed by atoms with Gasteiger partial charge in [0, 0.05) is 17.6 Å². The second-order valence-electron chi connectivity index (χ2n) is 3.89. The Hall–Kier alpha value is -1.40. The molecule has 1 aromatic carbocycles. The minimum absolute atomic E-state index is 0.133. The number of hydrogen-bond donors (Lipinski definition) is 3. The molecule has 0 aliphatic rings. The van der Waals surface area contributed by atoms with Crippen molar-refractivity contribution in [3.8, 4) is 0 Å². The smallest absolute Gasteiger partial charge is 0.308 e. The highest BCUT2D eigenvalue weighted by atomic mass is 79.9. The van der Waals surface area contributed by atoms with Crippen molar-refractivity contribution < 1.29 is 19.8 Å².